The second-order valence-electron chi connectivity index (χ2n) is 8.80. The second kappa shape index (κ2) is 10.4. The molecular formula is C25H29ClN4O4S. The van der Waals surface area contributed by atoms with Crippen molar-refractivity contribution in [3.05, 3.63) is 51.9 Å². The molecule has 1 amide bonds. The van der Waals surface area contributed by atoms with Gasteiger partial charge < -0.3 is 9.64 Å². The highest BCUT2D eigenvalue weighted by Crippen LogP contribution is 2.35. The molecule has 2 aliphatic heterocycles. The Hall–Kier alpha value is -2.91. The van der Waals surface area contributed by atoms with Crippen LogP contribution in [0.2, 0.25) is 5.02 Å². The molecule has 0 unspecified atom stereocenters. The van der Waals surface area contributed by atoms with E-state index >= 15 is 0 Å². The fraction of sp³-hybridized carbons (Fsp3) is 0.400. The molecule has 0 saturated carbocycles. The topological polar surface area (TPSA) is 101 Å². The molecule has 35 heavy (non-hydrogen) atoms. The summed E-state index contributed by atoms with van der Waals surface area (Å²) in [7, 11) is -4.00. The van der Waals surface area contributed by atoms with Gasteiger partial charge in [0.1, 0.15) is 11.6 Å². The van der Waals surface area contributed by atoms with Crippen molar-refractivity contribution in [3.8, 4) is 17.0 Å². The number of carbonyl (C=O) groups excluding carboxylic acids is 1. The third-order valence-corrected chi connectivity index (χ3v) is 7.91. The number of ether oxygens (including phenoxy) is 1. The molecule has 1 aromatic heterocycles. The van der Waals surface area contributed by atoms with Crippen molar-refractivity contribution in [3.63, 3.8) is 0 Å². The predicted octanol–water partition coefficient (Wildman–Crippen LogP) is 4.60. The summed E-state index contributed by atoms with van der Waals surface area (Å²) in [5.41, 5.74) is 1.62. The maximum atomic E-state index is 13.2. The minimum atomic E-state index is -4.00. The number of nitrogens with one attached hydrogen (secondary N) is 1. The average Bonchev–Trinajstić information content (AvgIpc) is 3.48. The lowest BCUT2D eigenvalue weighted by Crippen LogP contribution is -2.37. The number of hydrogen-bond donors (Lipinski definition) is 1. The Morgan fingerprint density at radius 1 is 1.20 bits per heavy atom. The largest absolute Gasteiger partial charge is 0.492 e. The average molecular weight is 517 g/mol. The van der Waals surface area contributed by atoms with E-state index in [4.69, 9.17) is 21.3 Å². The van der Waals surface area contributed by atoms with Crippen LogP contribution in [0.3, 0.4) is 0 Å². The predicted molar refractivity (Wildman–Crippen MR) is 139 cm³/mol. The standard InChI is InChI=1S/C25H29ClN4O4S/c1-4-13-34-23-14-18(7-9-21(23)26)22-10-8-20(24(28-22)30-16(2)5-6-17(30)3)25(31)29-35(32,33)19-11-12-27-15-19/h7-12,14,16-17H,4-6,13,15H2,1-3H3,(H,29,31)/t16-,17+. The van der Waals surface area contributed by atoms with Gasteiger partial charge in [0.15, 0.2) is 0 Å². The van der Waals surface area contributed by atoms with Crippen LogP contribution in [0.25, 0.3) is 11.3 Å². The maximum absolute atomic E-state index is 13.2. The van der Waals surface area contributed by atoms with E-state index < -0.39 is 15.9 Å². The molecule has 1 saturated heterocycles. The molecule has 0 spiro atoms. The fourth-order valence-electron chi connectivity index (χ4n) is 4.33. The second-order valence-corrected chi connectivity index (χ2v) is 10.9. The SMILES string of the molecule is CCCOc1cc(-c2ccc(C(=O)NS(=O)(=O)C3=CC=NC3)c(N3[C@H](C)CC[C@@H]3C)n2)ccc1Cl. The normalized spacial score (nSPS) is 19.7. The lowest BCUT2D eigenvalue weighted by atomic mass is 10.1. The number of pyridine rings is 1. The maximum Gasteiger partial charge on any atom is 0.268 e. The number of amides is 1. The van der Waals surface area contributed by atoms with Gasteiger partial charge in [-0.15, -0.1) is 0 Å². The van der Waals surface area contributed by atoms with E-state index in [1.54, 1.807) is 18.2 Å². The number of halogens is 1. The smallest absolute Gasteiger partial charge is 0.268 e. The summed E-state index contributed by atoms with van der Waals surface area (Å²) in [6.45, 7) is 6.74. The van der Waals surface area contributed by atoms with E-state index in [2.05, 4.69) is 28.5 Å². The molecule has 186 valence electrons. The van der Waals surface area contributed by atoms with Gasteiger partial charge in [0, 0.05) is 23.9 Å². The summed E-state index contributed by atoms with van der Waals surface area (Å²) in [6, 6.07) is 9.07. The molecule has 10 heteroatoms. The first-order valence-corrected chi connectivity index (χ1v) is 13.6. The van der Waals surface area contributed by atoms with Gasteiger partial charge in [0.05, 0.1) is 34.3 Å². The first-order chi connectivity index (χ1) is 16.7. The van der Waals surface area contributed by atoms with Crippen molar-refractivity contribution >= 4 is 39.6 Å². The lowest BCUT2D eigenvalue weighted by Gasteiger charge is -2.29. The fourth-order valence-corrected chi connectivity index (χ4v) is 5.47. The summed E-state index contributed by atoms with van der Waals surface area (Å²) in [6.07, 6.45) is 5.56. The van der Waals surface area contributed by atoms with Crippen molar-refractivity contribution in [2.24, 2.45) is 4.99 Å². The van der Waals surface area contributed by atoms with E-state index in [0.29, 0.717) is 28.9 Å². The Morgan fingerprint density at radius 3 is 2.60 bits per heavy atom. The summed E-state index contributed by atoms with van der Waals surface area (Å²) >= 11 is 6.30. The Kier molecular flexibility index (Phi) is 7.47. The van der Waals surface area contributed by atoms with E-state index in [-0.39, 0.29) is 29.1 Å². The van der Waals surface area contributed by atoms with Crippen LogP contribution in [-0.4, -0.2) is 50.8 Å². The molecule has 3 heterocycles. The molecule has 1 aromatic carbocycles. The van der Waals surface area contributed by atoms with Crippen LogP contribution in [-0.2, 0) is 10.0 Å². The van der Waals surface area contributed by atoms with Gasteiger partial charge in [-0.1, -0.05) is 24.6 Å². The van der Waals surface area contributed by atoms with E-state index in [1.165, 1.54) is 12.3 Å². The molecule has 4 rings (SSSR count). The number of aromatic nitrogens is 1. The number of sulfonamides is 1. The number of benzene rings is 1. The number of hydrogen-bond acceptors (Lipinski definition) is 7. The Labute approximate surface area is 211 Å². The van der Waals surface area contributed by atoms with Gasteiger partial charge in [-0.25, -0.2) is 18.1 Å². The van der Waals surface area contributed by atoms with Crippen LogP contribution < -0.4 is 14.4 Å². The first kappa shape index (κ1) is 25.2. The van der Waals surface area contributed by atoms with Crippen molar-refractivity contribution < 1.29 is 17.9 Å². The molecule has 0 bridgehead atoms. The summed E-state index contributed by atoms with van der Waals surface area (Å²) in [5.74, 6) is 0.300. The molecule has 2 aromatic rings. The van der Waals surface area contributed by atoms with Crippen LogP contribution in [0.4, 0.5) is 5.82 Å². The molecular weight excluding hydrogens is 488 g/mol. The minimum Gasteiger partial charge on any atom is -0.492 e. The van der Waals surface area contributed by atoms with Crippen molar-refractivity contribution in [2.75, 3.05) is 18.1 Å². The van der Waals surface area contributed by atoms with Gasteiger partial charge in [0.25, 0.3) is 15.9 Å². The Morgan fingerprint density at radius 2 is 1.94 bits per heavy atom. The van der Waals surface area contributed by atoms with Gasteiger partial charge in [-0.3, -0.25) is 9.79 Å². The van der Waals surface area contributed by atoms with Crippen LogP contribution in [0.5, 0.6) is 5.75 Å². The first-order valence-electron chi connectivity index (χ1n) is 11.7. The zero-order chi connectivity index (χ0) is 25.2. The third-order valence-electron chi connectivity index (χ3n) is 6.19. The quantitative estimate of drug-likeness (QED) is 0.550. The molecule has 2 atom stereocenters. The summed E-state index contributed by atoms with van der Waals surface area (Å²) in [4.78, 5) is 24.1. The molecule has 2 aliphatic rings. The summed E-state index contributed by atoms with van der Waals surface area (Å²) in [5, 5.41) is 0.510. The molecule has 8 nitrogen and oxygen atoms in total. The Bertz CT molecular complexity index is 1280. The van der Waals surface area contributed by atoms with E-state index in [9.17, 15) is 13.2 Å². The van der Waals surface area contributed by atoms with Crippen LogP contribution >= 0.6 is 11.6 Å². The Balaban J connectivity index is 1.73. The van der Waals surface area contributed by atoms with Gasteiger partial charge in [-0.05, 0) is 63.5 Å². The van der Waals surface area contributed by atoms with E-state index in [0.717, 1.165) is 24.8 Å². The van der Waals surface area contributed by atoms with Gasteiger partial charge in [-0.2, -0.15) is 0 Å². The highest BCUT2D eigenvalue weighted by Gasteiger charge is 2.33. The number of rotatable bonds is 8. The number of allylic oxidation sites excluding steroid dienone is 1. The molecule has 0 aliphatic carbocycles. The van der Waals surface area contributed by atoms with E-state index in [1.807, 2.05) is 19.1 Å². The van der Waals surface area contributed by atoms with Gasteiger partial charge >= 0.3 is 0 Å². The molecule has 1 N–H and O–H groups in total. The molecule has 1 fully saturated rings. The number of aliphatic imine (C=N–C) groups is 1. The van der Waals surface area contributed by atoms with Crippen molar-refractivity contribution in [1.29, 1.82) is 0 Å². The van der Waals surface area contributed by atoms with Crippen molar-refractivity contribution in [2.45, 2.75) is 52.1 Å². The zero-order valence-corrected chi connectivity index (χ0v) is 21.6. The van der Waals surface area contributed by atoms with Crippen LogP contribution in [0, 0.1) is 0 Å². The number of carbonyl (C=O) groups is 1. The number of nitrogens with zero attached hydrogens (tertiary/aromatic N) is 3. The highest BCUT2D eigenvalue weighted by molar-refractivity contribution is 7.94. The zero-order valence-electron chi connectivity index (χ0n) is 20.0. The summed E-state index contributed by atoms with van der Waals surface area (Å²) < 4.78 is 33.3. The van der Waals surface area contributed by atoms with Crippen LogP contribution in [0.15, 0.2) is 46.3 Å². The number of anilines is 1. The van der Waals surface area contributed by atoms with Gasteiger partial charge in [0.2, 0.25) is 0 Å². The third kappa shape index (κ3) is 5.36. The monoisotopic (exact) mass is 516 g/mol. The minimum absolute atomic E-state index is 0.0197. The lowest BCUT2D eigenvalue weighted by molar-refractivity contribution is 0.0982. The molecule has 0 radical (unpaired) electrons. The highest BCUT2D eigenvalue weighted by atomic mass is 35.5. The van der Waals surface area contributed by atoms with Crippen molar-refractivity contribution in [1.82, 2.24) is 9.71 Å². The van der Waals surface area contributed by atoms with Crippen LogP contribution in [0.1, 0.15) is 50.4 Å².